The Morgan fingerprint density at radius 1 is 1.21 bits per heavy atom. The van der Waals surface area contributed by atoms with Crippen LogP contribution in [0.15, 0.2) is 30.5 Å². The van der Waals surface area contributed by atoms with Crippen LogP contribution in [0.5, 0.6) is 5.75 Å². The van der Waals surface area contributed by atoms with E-state index in [1.54, 1.807) is 7.11 Å². The lowest BCUT2D eigenvalue weighted by Gasteiger charge is -2.00. The molecule has 0 N–H and O–H groups in total. The first-order valence-electron chi connectivity index (χ1n) is 6.49. The molecule has 96 valence electrons. The van der Waals surface area contributed by atoms with Gasteiger partial charge in [-0.25, -0.2) is 4.98 Å². The van der Waals surface area contributed by atoms with E-state index in [0.29, 0.717) is 0 Å². The van der Waals surface area contributed by atoms with Gasteiger partial charge in [0.1, 0.15) is 5.75 Å². The van der Waals surface area contributed by atoms with Crippen LogP contribution in [0.25, 0.3) is 16.2 Å². The third kappa shape index (κ3) is 1.67. The Morgan fingerprint density at radius 2 is 2.05 bits per heavy atom. The Morgan fingerprint density at radius 3 is 2.84 bits per heavy atom. The number of ether oxygens (including phenoxy) is 1. The molecule has 4 heteroatoms. The first-order valence-corrected chi connectivity index (χ1v) is 7.31. The van der Waals surface area contributed by atoms with E-state index >= 15 is 0 Å². The number of methoxy groups -OCH3 is 1. The first-order chi connectivity index (χ1) is 9.35. The van der Waals surface area contributed by atoms with E-state index in [2.05, 4.69) is 22.7 Å². The van der Waals surface area contributed by atoms with Crippen molar-refractivity contribution >= 4 is 16.3 Å². The van der Waals surface area contributed by atoms with Crippen molar-refractivity contribution in [1.29, 1.82) is 0 Å². The van der Waals surface area contributed by atoms with E-state index in [4.69, 9.17) is 9.72 Å². The second-order valence-electron chi connectivity index (χ2n) is 4.83. The highest BCUT2D eigenvalue weighted by Gasteiger charge is 2.19. The van der Waals surface area contributed by atoms with Gasteiger partial charge < -0.3 is 4.74 Å². The van der Waals surface area contributed by atoms with Crippen LogP contribution in [0.1, 0.15) is 17.0 Å². The summed E-state index contributed by atoms with van der Waals surface area (Å²) in [6, 6.07) is 8.08. The molecule has 1 aromatic carbocycles. The Kier molecular flexibility index (Phi) is 2.38. The summed E-state index contributed by atoms with van der Waals surface area (Å²) in [7, 11) is 1.69. The number of benzene rings is 1. The molecule has 1 aliphatic rings. The van der Waals surface area contributed by atoms with Gasteiger partial charge in [0.25, 0.3) is 0 Å². The quantitative estimate of drug-likeness (QED) is 0.712. The predicted octanol–water partition coefficient (Wildman–Crippen LogP) is 3.56. The highest BCUT2D eigenvalue weighted by Crippen LogP contribution is 2.33. The zero-order valence-electron chi connectivity index (χ0n) is 10.7. The number of fused-ring (bicyclic) bond motifs is 3. The molecule has 0 saturated heterocycles. The molecule has 3 aromatic rings. The zero-order chi connectivity index (χ0) is 12.8. The Balaban J connectivity index is 1.80. The minimum atomic E-state index is 0.880. The Hall–Kier alpha value is -1.81. The van der Waals surface area contributed by atoms with Gasteiger partial charge in [-0.1, -0.05) is 0 Å². The van der Waals surface area contributed by atoms with Gasteiger partial charge in [-0.3, -0.25) is 4.40 Å². The standard InChI is InChI=1S/C15H14N2OS/c1-18-11-7-5-10(6-8-11)12-9-17-13-3-2-4-14(13)19-15(17)16-12/h5-9H,2-4H2,1H3. The predicted molar refractivity (Wildman–Crippen MR) is 77.1 cm³/mol. The third-order valence-electron chi connectivity index (χ3n) is 3.70. The van der Waals surface area contributed by atoms with Crippen LogP contribution in [0.2, 0.25) is 0 Å². The molecule has 0 atom stereocenters. The molecule has 0 fully saturated rings. The highest BCUT2D eigenvalue weighted by atomic mass is 32.1. The smallest absolute Gasteiger partial charge is 0.194 e. The molecular formula is C15H14N2OS. The van der Waals surface area contributed by atoms with Gasteiger partial charge in [-0.2, -0.15) is 0 Å². The number of nitrogens with zero attached hydrogens (tertiary/aromatic N) is 2. The topological polar surface area (TPSA) is 26.5 Å². The average Bonchev–Trinajstić information content (AvgIpc) is 3.10. The molecule has 4 rings (SSSR count). The molecule has 0 bridgehead atoms. The molecule has 0 radical (unpaired) electrons. The van der Waals surface area contributed by atoms with Crippen LogP contribution in [0, 0.1) is 0 Å². The molecule has 0 aliphatic heterocycles. The van der Waals surface area contributed by atoms with Gasteiger partial charge in [-0.05, 0) is 43.5 Å². The van der Waals surface area contributed by atoms with E-state index in [1.165, 1.54) is 29.8 Å². The lowest BCUT2D eigenvalue weighted by molar-refractivity contribution is 0.415. The third-order valence-corrected chi connectivity index (χ3v) is 4.86. The van der Waals surface area contributed by atoms with Gasteiger partial charge in [0, 0.05) is 22.3 Å². The molecular weight excluding hydrogens is 256 g/mol. The summed E-state index contributed by atoms with van der Waals surface area (Å²) in [6.45, 7) is 0. The zero-order valence-corrected chi connectivity index (χ0v) is 11.5. The number of imidazole rings is 1. The normalized spacial score (nSPS) is 13.9. The van der Waals surface area contributed by atoms with Crippen molar-refractivity contribution in [2.24, 2.45) is 0 Å². The number of thiazole rings is 1. The fourth-order valence-corrected chi connectivity index (χ4v) is 3.89. The van der Waals surface area contributed by atoms with Crippen molar-refractivity contribution in [3.8, 4) is 17.0 Å². The van der Waals surface area contributed by atoms with Gasteiger partial charge >= 0.3 is 0 Å². The Bertz CT molecular complexity index is 739. The first kappa shape index (κ1) is 11.1. The van der Waals surface area contributed by atoms with Crippen molar-refractivity contribution in [1.82, 2.24) is 9.38 Å². The van der Waals surface area contributed by atoms with E-state index in [0.717, 1.165) is 22.0 Å². The number of aryl methyl sites for hydroxylation is 2. The summed E-state index contributed by atoms with van der Waals surface area (Å²) in [6.07, 6.45) is 5.86. The molecule has 0 amide bonds. The maximum atomic E-state index is 5.19. The summed E-state index contributed by atoms with van der Waals surface area (Å²) < 4.78 is 7.46. The van der Waals surface area contributed by atoms with Crippen LogP contribution < -0.4 is 4.74 Å². The van der Waals surface area contributed by atoms with E-state index < -0.39 is 0 Å². The highest BCUT2D eigenvalue weighted by molar-refractivity contribution is 7.17. The maximum absolute atomic E-state index is 5.19. The van der Waals surface area contributed by atoms with Crippen molar-refractivity contribution in [3.05, 3.63) is 41.0 Å². The monoisotopic (exact) mass is 270 g/mol. The summed E-state index contributed by atoms with van der Waals surface area (Å²) in [5, 5.41) is 0. The van der Waals surface area contributed by atoms with Crippen LogP contribution in [-0.2, 0) is 12.8 Å². The summed E-state index contributed by atoms with van der Waals surface area (Å²) >= 11 is 1.84. The number of hydrogen-bond acceptors (Lipinski definition) is 3. The van der Waals surface area contributed by atoms with Crippen LogP contribution in [-0.4, -0.2) is 16.5 Å². The van der Waals surface area contributed by atoms with Gasteiger partial charge in [0.2, 0.25) is 0 Å². The molecule has 0 spiro atoms. The van der Waals surface area contributed by atoms with Crippen LogP contribution >= 0.6 is 11.3 Å². The van der Waals surface area contributed by atoms with Crippen molar-refractivity contribution < 1.29 is 4.74 Å². The minimum Gasteiger partial charge on any atom is -0.497 e. The maximum Gasteiger partial charge on any atom is 0.194 e. The lowest BCUT2D eigenvalue weighted by Crippen LogP contribution is -1.85. The molecule has 19 heavy (non-hydrogen) atoms. The van der Waals surface area contributed by atoms with Crippen LogP contribution in [0.4, 0.5) is 0 Å². The lowest BCUT2D eigenvalue weighted by atomic mass is 10.2. The molecule has 1 aliphatic carbocycles. The number of rotatable bonds is 2. The van der Waals surface area contributed by atoms with Crippen LogP contribution in [0.3, 0.4) is 0 Å². The largest absolute Gasteiger partial charge is 0.497 e. The van der Waals surface area contributed by atoms with E-state index in [1.807, 2.05) is 23.5 Å². The molecule has 0 saturated carbocycles. The van der Waals surface area contributed by atoms with Crippen molar-refractivity contribution in [2.75, 3.05) is 7.11 Å². The summed E-state index contributed by atoms with van der Waals surface area (Å²) in [5.74, 6) is 0.880. The molecule has 2 aromatic heterocycles. The summed E-state index contributed by atoms with van der Waals surface area (Å²) in [5.41, 5.74) is 3.65. The van der Waals surface area contributed by atoms with Gasteiger partial charge in [0.05, 0.1) is 12.8 Å². The van der Waals surface area contributed by atoms with E-state index in [9.17, 15) is 0 Å². The van der Waals surface area contributed by atoms with Crippen molar-refractivity contribution in [2.45, 2.75) is 19.3 Å². The minimum absolute atomic E-state index is 0.880. The fraction of sp³-hybridized carbons (Fsp3) is 0.267. The van der Waals surface area contributed by atoms with E-state index in [-0.39, 0.29) is 0 Å². The van der Waals surface area contributed by atoms with Gasteiger partial charge in [0.15, 0.2) is 4.96 Å². The number of aromatic nitrogens is 2. The molecule has 2 heterocycles. The average molecular weight is 270 g/mol. The second-order valence-corrected chi connectivity index (χ2v) is 5.89. The van der Waals surface area contributed by atoms with Crippen molar-refractivity contribution in [3.63, 3.8) is 0 Å². The fourth-order valence-electron chi connectivity index (χ4n) is 2.70. The summed E-state index contributed by atoms with van der Waals surface area (Å²) in [4.78, 5) is 7.38. The molecule has 3 nitrogen and oxygen atoms in total. The second kappa shape index (κ2) is 4.10. The Labute approximate surface area is 115 Å². The van der Waals surface area contributed by atoms with Gasteiger partial charge in [-0.15, -0.1) is 11.3 Å². The SMILES string of the molecule is COc1ccc(-c2cn3c4c(sc3n2)CCC4)cc1. The number of hydrogen-bond donors (Lipinski definition) is 0. The molecule has 0 unspecified atom stereocenters.